The molecule has 0 rings (SSSR count). The normalized spacial score (nSPS) is 10.6. The third kappa shape index (κ3) is 4.30. The minimum Gasteiger partial charge on any atom is -0.480 e. The van der Waals surface area contributed by atoms with Gasteiger partial charge in [0.05, 0.1) is 0 Å². The van der Waals surface area contributed by atoms with E-state index in [4.69, 9.17) is 5.11 Å². The topological polar surface area (TPSA) is 66.4 Å². The van der Waals surface area contributed by atoms with Gasteiger partial charge in [-0.2, -0.15) is 0 Å². The minimum absolute atomic E-state index is 0.271. The van der Waals surface area contributed by atoms with Crippen molar-refractivity contribution in [3.05, 3.63) is 12.7 Å². The largest absolute Gasteiger partial charge is 0.480 e. The Morgan fingerprint density at radius 1 is 1.54 bits per heavy atom. The van der Waals surface area contributed by atoms with Gasteiger partial charge in [-0.25, -0.2) is 4.79 Å². The highest BCUT2D eigenvalue weighted by atomic mass is 16.4. The van der Waals surface area contributed by atoms with Crippen LogP contribution in [-0.4, -0.2) is 22.5 Å². The molecule has 0 saturated heterocycles. The molecular formula is C9H15NO3. The lowest BCUT2D eigenvalue weighted by molar-refractivity contribution is -0.146. The maximum absolute atomic E-state index is 11.1. The van der Waals surface area contributed by atoms with Gasteiger partial charge in [0, 0.05) is 6.42 Å². The van der Waals surface area contributed by atoms with Gasteiger partial charge < -0.3 is 10.4 Å². The van der Waals surface area contributed by atoms with Crippen LogP contribution in [0.25, 0.3) is 0 Å². The summed E-state index contributed by atoms with van der Waals surface area (Å²) in [6.07, 6.45) is 2.45. The molecule has 0 bridgehead atoms. The Balaban J connectivity index is 4.04. The molecule has 0 radical (unpaired) electrons. The second kappa shape index (κ2) is 4.64. The lowest BCUT2D eigenvalue weighted by Gasteiger charge is -2.20. The first-order valence-corrected chi connectivity index (χ1v) is 4.05. The van der Waals surface area contributed by atoms with Gasteiger partial charge in [0.1, 0.15) is 5.54 Å². The number of aliphatic carboxylic acids is 1. The summed E-state index contributed by atoms with van der Waals surface area (Å²) in [6.45, 7) is 6.36. The smallest absolute Gasteiger partial charge is 0.328 e. The second-order valence-corrected chi connectivity index (χ2v) is 3.31. The second-order valence-electron chi connectivity index (χ2n) is 3.31. The summed E-state index contributed by atoms with van der Waals surface area (Å²) in [5, 5.41) is 11.1. The molecule has 0 heterocycles. The number of allylic oxidation sites excluding steroid dienone is 1. The molecule has 0 aliphatic carbocycles. The van der Waals surface area contributed by atoms with E-state index in [1.807, 2.05) is 0 Å². The molecule has 4 heteroatoms. The lowest BCUT2D eigenvalue weighted by atomic mass is 10.1. The highest BCUT2D eigenvalue weighted by Gasteiger charge is 2.28. The summed E-state index contributed by atoms with van der Waals surface area (Å²) in [4.78, 5) is 21.7. The van der Waals surface area contributed by atoms with E-state index in [1.165, 1.54) is 13.8 Å². The standard InChI is InChI=1S/C9H15NO3/c1-4-5-6-7(11)10-9(2,3)8(12)13/h4H,1,5-6H2,2-3H3,(H,10,11)(H,12,13). The highest BCUT2D eigenvalue weighted by molar-refractivity contribution is 5.86. The molecule has 0 saturated carbocycles. The summed E-state index contributed by atoms with van der Waals surface area (Å²) in [5.41, 5.74) is -1.20. The zero-order valence-corrected chi connectivity index (χ0v) is 7.96. The first-order chi connectivity index (χ1) is 5.90. The lowest BCUT2D eigenvalue weighted by Crippen LogP contribution is -2.49. The molecule has 1 amide bonds. The molecule has 0 aliphatic heterocycles. The van der Waals surface area contributed by atoms with Gasteiger partial charge in [-0.05, 0) is 20.3 Å². The number of rotatable bonds is 5. The van der Waals surface area contributed by atoms with Crippen LogP contribution in [0.3, 0.4) is 0 Å². The number of carboxylic acid groups (broad SMARTS) is 1. The van der Waals surface area contributed by atoms with E-state index in [0.717, 1.165) is 0 Å². The highest BCUT2D eigenvalue weighted by Crippen LogP contribution is 2.02. The fraction of sp³-hybridized carbons (Fsp3) is 0.556. The number of nitrogens with one attached hydrogen (secondary N) is 1. The molecule has 0 aliphatic rings. The van der Waals surface area contributed by atoms with Crippen molar-refractivity contribution in [2.75, 3.05) is 0 Å². The zero-order chi connectivity index (χ0) is 10.5. The van der Waals surface area contributed by atoms with E-state index >= 15 is 0 Å². The maximum atomic E-state index is 11.1. The number of carbonyl (C=O) groups excluding carboxylic acids is 1. The van der Waals surface area contributed by atoms with E-state index < -0.39 is 11.5 Å². The van der Waals surface area contributed by atoms with Crippen molar-refractivity contribution in [1.29, 1.82) is 0 Å². The van der Waals surface area contributed by atoms with Crippen LogP contribution in [0.4, 0.5) is 0 Å². The van der Waals surface area contributed by atoms with Gasteiger partial charge in [0.25, 0.3) is 0 Å². The van der Waals surface area contributed by atoms with Gasteiger partial charge in [-0.1, -0.05) is 6.08 Å². The number of carbonyl (C=O) groups is 2. The van der Waals surface area contributed by atoms with E-state index in [0.29, 0.717) is 6.42 Å². The van der Waals surface area contributed by atoms with Crippen molar-refractivity contribution >= 4 is 11.9 Å². The van der Waals surface area contributed by atoms with E-state index in [9.17, 15) is 9.59 Å². The molecule has 0 spiro atoms. The number of amides is 1. The van der Waals surface area contributed by atoms with Crippen molar-refractivity contribution < 1.29 is 14.7 Å². The van der Waals surface area contributed by atoms with Gasteiger partial charge in [0.15, 0.2) is 0 Å². The molecular weight excluding hydrogens is 170 g/mol. The predicted molar refractivity (Wildman–Crippen MR) is 49.3 cm³/mol. The monoisotopic (exact) mass is 185 g/mol. The fourth-order valence-electron chi connectivity index (χ4n) is 0.698. The fourth-order valence-corrected chi connectivity index (χ4v) is 0.698. The quantitative estimate of drug-likeness (QED) is 0.626. The Morgan fingerprint density at radius 2 is 2.08 bits per heavy atom. The maximum Gasteiger partial charge on any atom is 0.328 e. The van der Waals surface area contributed by atoms with E-state index in [1.54, 1.807) is 6.08 Å². The van der Waals surface area contributed by atoms with Crippen molar-refractivity contribution in [1.82, 2.24) is 5.32 Å². The average molecular weight is 185 g/mol. The molecule has 2 N–H and O–H groups in total. The van der Waals surface area contributed by atoms with Crippen LogP contribution in [0, 0.1) is 0 Å². The molecule has 4 nitrogen and oxygen atoms in total. The van der Waals surface area contributed by atoms with Crippen LogP contribution in [0.2, 0.25) is 0 Å². The molecule has 0 unspecified atom stereocenters. The Morgan fingerprint density at radius 3 is 2.46 bits per heavy atom. The SMILES string of the molecule is C=CCCC(=O)NC(C)(C)C(=O)O. The van der Waals surface area contributed by atoms with Crippen molar-refractivity contribution in [3.8, 4) is 0 Å². The third-order valence-electron chi connectivity index (χ3n) is 1.56. The number of hydrogen-bond acceptors (Lipinski definition) is 2. The molecule has 0 aromatic carbocycles. The zero-order valence-electron chi connectivity index (χ0n) is 7.96. The van der Waals surface area contributed by atoms with Crippen LogP contribution in [-0.2, 0) is 9.59 Å². The van der Waals surface area contributed by atoms with Crippen molar-refractivity contribution in [3.63, 3.8) is 0 Å². The predicted octanol–water partition coefficient (Wildman–Crippen LogP) is 0.932. The molecule has 0 atom stereocenters. The van der Waals surface area contributed by atoms with E-state index in [2.05, 4.69) is 11.9 Å². The summed E-state index contributed by atoms with van der Waals surface area (Å²) in [5.74, 6) is -1.31. The first kappa shape index (κ1) is 11.7. The average Bonchev–Trinajstić information content (AvgIpc) is 1.99. The summed E-state index contributed by atoms with van der Waals surface area (Å²) < 4.78 is 0. The number of hydrogen-bond donors (Lipinski definition) is 2. The molecule has 13 heavy (non-hydrogen) atoms. The Bertz CT molecular complexity index is 221. The van der Waals surface area contributed by atoms with Gasteiger partial charge in [-0.3, -0.25) is 4.79 Å². The molecule has 0 fully saturated rings. The van der Waals surface area contributed by atoms with Crippen molar-refractivity contribution in [2.45, 2.75) is 32.2 Å². The minimum atomic E-state index is -1.20. The molecule has 0 aromatic rings. The first-order valence-electron chi connectivity index (χ1n) is 4.05. The van der Waals surface area contributed by atoms with Gasteiger partial charge >= 0.3 is 5.97 Å². The Kier molecular flexibility index (Phi) is 4.17. The number of carboxylic acids is 1. The summed E-state index contributed by atoms with van der Waals surface area (Å²) in [6, 6.07) is 0. The van der Waals surface area contributed by atoms with Gasteiger partial charge in [0.2, 0.25) is 5.91 Å². The van der Waals surface area contributed by atoms with Crippen LogP contribution in [0.15, 0.2) is 12.7 Å². The summed E-state index contributed by atoms with van der Waals surface area (Å²) in [7, 11) is 0. The Labute approximate surface area is 77.6 Å². The van der Waals surface area contributed by atoms with Crippen molar-refractivity contribution in [2.24, 2.45) is 0 Å². The van der Waals surface area contributed by atoms with Crippen LogP contribution in [0.5, 0.6) is 0 Å². The Hall–Kier alpha value is -1.32. The molecule has 0 aromatic heterocycles. The molecule has 74 valence electrons. The summed E-state index contributed by atoms with van der Waals surface area (Å²) >= 11 is 0. The van der Waals surface area contributed by atoms with Crippen LogP contribution < -0.4 is 5.32 Å². The van der Waals surface area contributed by atoms with E-state index in [-0.39, 0.29) is 12.3 Å². The van der Waals surface area contributed by atoms with Gasteiger partial charge in [-0.15, -0.1) is 6.58 Å². The van der Waals surface area contributed by atoms with Crippen LogP contribution in [0.1, 0.15) is 26.7 Å². The third-order valence-corrected chi connectivity index (χ3v) is 1.56. The van der Waals surface area contributed by atoms with Crippen LogP contribution >= 0.6 is 0 Å².